The molecular formula is C16H15NO3S. The summed E-state index contributed by atoms with van der Waals surface area (Å²) in [5.74, 6) is -1.11. The number of carbonyl (C=O) groups excluding carboxylic acids is 1. The topological polar surface area (TPSA) is 66.4 Å². The Bertz CT molecular complexity index is 716. The summed E-state index contributed by atoms with van der Waals surface area (Å²) in [5, 5.41) is 13.4. The minimum Gasteiger partial charge on any atom is -0.478 e. The maximum atomic E-state index is 12.2. The Morgan fingerprint density at radius 3 is 2.52 bits per heavy atom. The first-order chi connectivity index (χ1) is 9.97. The number of anilines is 1. The Morgan fingerprint density at radius 1 is 1.19 bits per heavy atom. The molecule has 0 fully saturated rings. The van der Waals surface area contributed by atoms with Crippen LogP contribution in [0.25, 0.3) is 6.08 Å². The van der Waals surface area contributed by atoms with E-state index < -0.39 is 5.97 Å². The highest BCUT2D eigenvalue weighted by atomic mass is 32.1. The molecule has 0 aliphatic carbocycles. The zero-order valence-corrected chi connectivity index (χ0v) is 12.5. The van der Waals surface area contributed by atoms with Gasteiger partial charge in [-0.3, -0.25) is 4.79 Å². The van der Waals surface area contributed by atoms with E-state index in [4.69, 9.17) is 5.11 Å². The summed E-state index contributed by atoms with van der Waals surface area (Å²) in [6, 6.07) is 7.28. The van der Waals surface area contributed by atoms with Gasteiger partial charge in [0, 0.05) is 11.8 Å². The van der Waals surface area contributed by atoms with Gasteiger partial charge in [-0.1, -0.05) is 6.07 Å². The van der Waals surface area contributed by atoms with Crippen molar-refractivity contribution in [2.75, 3.05) is 5.32 Å². The Morgan fingerprint density at radius 2 is 1.95 bits per heavy atom. The summed E-state index contributed by atoms with van der Waals surface area (Å²) in [4.78, 5) is 23.3. The fraction of sp³-hybridized carbons (Fsp3) is 0.125. The molecule has 2 N–H and O–H groups in total. The van der Waals surface area contributed by atoms with Crippen LogP contribution >= 0.6 is 11.3 Å². The van der Waals surface area contributed by atoms with Gasteiger partial charge in [0.1, 0.15) is 0 Å². The quantitative estimate of drug-likeness (QED) is 0.846. The number of carboxylic acids is 1. The predicted octanol–water partition coefficient (Wildman–Crippen LogP) is 3.72. The maximum absolute atomic E-state index is 12.2. The number of thiophene rings is 1. The molecule has 0 bridgehead atoms. The summed E-state index contributed by atoms with van der Waals surface area (Å²) >= 11 is 1.41. The van der Waals surface area contributed by atoms with E-state index in [1.165, 1.54) is 17.4 Å². The van der Waals surface area contributed by atoms with Gasteiger partial charge in [0.15, 0.2) is 0 Å². The largest absolute Gasteiger partial charge is 0.478 e. The number of aliphatic carboxylic acids is 1. The van der Waals surface area contributed by atoms with Crippen molar-refractivity contribution in [1.82, 2.24) is 0 Å². The molecule has 21 heavy (non-hydrogen) atoms. The number of hydrogen-bond acceptors (Lipinski definition) is 3. The highest BCUT2D eigenvalue weighted by molar-refractivity contribution is 7.12. The average Bonchev–Trinajstić information content (AvgIpc) is 2.85. The molecule has 0 spiro atoms. The molecule has 1 amide bonds. The Hall–Kier alpha value is -2.40. The average molecular weight is 301 g/mol. The molecule has 0 atom stereocenters. The van der Waals surface area contributed by atoms with Crippen LogP contribution in [0.1, 0.15) is 26.4 Å². The van der Waals surface area contributed by atoms with E-state index in [0.717, 1.165) is 28.5 Å². The summed E-state index contributed by atoms with van der Waals surface area (Å²) < 4.78 is 0. The molecule has 1 aromatic carbocycles. The lowest BCUT2D eigenvalue weighted by Gasteiger charge is -2.09. The number of nitrogens with one attached hydrogen (secondary N) is 1. The smallest absolute Gasteiger partial charge is 0.328 e. The van der Waals surface area contributed by atoms with Crippen LogP contribution in [-0.2, 0) is 4.79 Å². The molecule has 0 aliphatic heterocycles. The van der Waals surface area contributed by atoms with Crippen LogP contribution in [0.4, 0.5) is 5.69 Å². The molecule has 4 nitrogen and oxygen atoms in total. The van der Waals surface area contributed by atoms with E-state index in [2.05, 4.69) is 5.32 Å². The van der Waals surface area contributed by atoms with Gasteiger partial charge < -0.3 is 10.4 Å². The van der Waals surface area contributed by atoms with Crippen molar-refractivity contribution in [2.45, 2.75) is 13.8 Å². The lowest BCUT2D eigenvalue weighted by Crippen LogP contribution is -2.12. The highest BCUT2D eigenvalue weighted by Gasteiger charge is 2.11. The molecule has 1 heterocycles. The fourth-order valence-corrected chi connectivity index (χ4v) is 2.70. The van der Waals surface area contributed by atoms with E-state index in [0.29, 0.717) is 4.88 Å². The van der Waals surface area contributed by atoms with E-state index >= 15 is 0 Å². The minimum absolute atomic E-state index is 0.126. The zero-order valence-electron chi connectivity index (χ0n) is 11.7. The molecule has 2 aromatic rings. The molecule has 5 heteroatoms. The molecule has 1 aromatic heterocycles. The van der Waals surface area contributed by atoms with Crippen molar-refractivity contribution < 1.29 is 14.7 Å². The Balaban J connectivity index is 2.16. The number of carbonyl (C=O) groups is 2. The lowest BCUT2D eigenvalue weighted by atomic mass is 10.1. The SMILES string of the molecule is Cc1cc(C=CC(=O)O)ccc1NC(=O)c1sccc1C. The summed E-state index contributed by atoms with van der Waals surface area (Å²) in [6.45, 7) is 3.77. The molecular weight excluding hydrogens is 286 g/mol. The van der Waals surface area contributed by atoms with Crippen molar-refractivity contribution in [1.29, 1.82) is 0 Å². The van der Waals surface area contributed by atoms with Gasteiger partial charge in [-0.05, 0) is 60.2 Å². The first kappa shape index (κ1) is 15.0. The molecule has 0 aliphatic rings. The third kappa shape index (κ3) is 3.79. The number of aryl methyl sites for hydroxylation is 2. The van der Waals surface area contributed by atoms with Gasteiger partial charge in [-0.15, -0.1) is 11.3 Å². The van der Waals surface area contributed by atoms with Gasteiger partial charge in [-0.2, -0.15) is 0 Å². The lowest BCUT2D eigenvalue weighted by molar-refractivity contribution is -0.131. The molecule has 0 saturated carbocycles. The number of carboxylic acid groups (broad SMARTS) is 1. The van der Waals surface area contributed by atoms with E-state index in [1.54, 1.807) is 12.1 Å². The van der Waals surface area contributed by atoms with Gasteiger partial charge >= 0.3 is 5.97 Å². The normalized spacial score (nSPS) is 10.8. The van der Waals surface area contributed by atoms with Crippen LogP contribution in [0.3, 0.4) is 0 Å². The summed E-state index contributed by atoms with van der Waals surface area (Å²) in [7, 11) is 0. The molecule has 0 unspecified atom stereocenters. The van der Waals surface area contributed by atoms with E-state index in [1.807, 2.05) is 31.4 Å². The van der Waals surface area contributed by atoms with Gasteiger partial charge in [-0.25, -0.2) is 4.79 Å². The van der Waals surface area contributed by atoms with Crippen molar-refractivity contribution in [2.24, 2.45) is 0 Å². The van der Waals surface area contributed by atoms with E-state index in [9.17, 15) is 9.59 Å². The molecule has 108 valence electrons. The highest BCUT2D eigenvalue weighted by Crippen LogP contribution is 2.21. The second-order valence-electron chi connectivity index (χ2n) is 4.63. The van der Waals surface area contributed by atoms with Crippen LogP contribution in [0.5, 0.6) is 0 Å². The van der Waals surface area contributed by atoms with Crippen molar-refractivity contribution in [3.63, 3.8) is 0 Å². The monoisotopic (exact) mass is 301 g/mol. The van der Waals surface area contributed by atoms with Crippen LogP contribution < -0.4 is 5.32 Å². The van der Waals surface area contributed by atoms with Crippen LogP contribution in [-0.4, -0.2) is 17.0 Å². The molecule has 0 saturated heterocycles. The first-order valence-corrected chi connectivity index (χ1v) is 7.22. The number of amides is 1. The van der Waals surface area contributed by atoms with Crippen LogP contribution in [0.2, 0.25) is 0 Å². The zero-order chi connectivity index (χ0) is 15.4. The second-order valence-corrected chi connectivity index (χ2v) is 5.55. The number of hydrogen-bond donors (Lipinski definition) is 2. The van der Waals surface area contributed by atoms with Crippen molar-refractivity contribution in [3.8, 4) is 0 Å². The van der Waals surface area contributed by atoms with Gasteiger partial charge in [0.25, 0.3) is 5.91 Å². The molecule has 0 radical (unpaired) electrons. The minimum atomic E-state index is -0.988. The Kier molecular flexibility index (Phi) is 4.55. The maximum Gasteiger partial charge on any atom is 0.328 e. The van der Waals surface area contributed by atoms with Crippen LogP contribution in [0, 0.1) is 13.8 Å². The second kappa shape index (κ2) is 6.37. The number of rotatable bonds is 4. The summed E-state index contributed by atoms with van der Waals surface area (Å²) in [6.07, 6.45) is 2.60. The van der Waals surface area contributed by atoms with Gasteiger partial charge in [0.05, 0.1) is 4.88 Å². The standard InChI is InChI=1S/C16H15NO3S/c1-10-7-8-21-15(10)16(20)17-13-5-3-12(9-11(13)2)4-6-14(18)19/h3-9H,1-2H3,(H,17,20)(H,18,19). The third-order valence-electron chi connectivity index (χ3n) is 2.99. The third-order valence-corrected chi connectivity index (χ3v) is 4.00. The number of benzene rings is 1. The molecule has 2 rings (SSSR count). The van der Waals surface area contributed by atoms with E-state index in [-0.39, 0.29) is 5.91 Å². The first-order valence-electron chi connectivity index (χ1n) is 6.34. The van der Waals surface area contributed by atoms with Crippen LogP contribution in [0.15, 0.2) is 35.7 Å². The van der Waals surface area contributed by atoms with Gasteiger partial charge in [0.2, 0.25) is 0 Å². The van der Waals surface area contributed by atoms with Crippen molar-refractivity contribution in [3.05, 3.63) is 57.3 Å². The summed E-state index contributed by atoms with van der Waals surface area (Å²) in [5.41, 5.74) is 3.33. The fourth-order valence-electron chi connectivity index (χ4n) is 1.88. The van der Waals surface area contributed by atoms with Crippen molar-refractivity contribution >= 4 is 35.0 Å². The predicted molar refractivity (Wildman–Crippen MR) is 84.9 cm³/mol. The Labute approximate surface area is 126 Å².